The van der Waals surface area contributed by atoms with Gasteiger partial charge in [-0.15, -0.1) is 0 Å². The molecule has 0 aromatic rings. The Morgan fingerprint density at radius 2 is 2.07 bits per heavy atom. The molecule has 0 saturated carbocycles. The molecule has 1 fully saturated rings. The lowest BCUT2D eigenvalue weighted by Crippen LogP contribution is -2.56. The summed E-state index contributed by atoms with van der Waals surface area (Å²) in [6, 6.07) is -0.810. The van der Waals surface area contributed by atoms with Gasteiger partial charge in [0.05, 0.1) is 12.1 Å². The maximum absolute atomic E-state index is 12.8. The lowest BCUT2D eigenvalue weighted by atomic mass is 9.88. The second-order valence-electron chi connectivity index (χ2n) is 8.17. The fraction of sp³-hybridized carbons (Fsp3) is 0.800. The third-order valence-electron chi connectivity index (χ3n) is 4.80. The van der Waals surface area contributed by atoms with Crippen molar-refractivity contribution in [2.45, 2.75) is 77.8 Å². The lowest BCUT2D eigenvalue weighted by Gasteiger charge is -2.29. The van der Waals surface area contributed by atoms with Crippen LogP contribution in [0.2, 0.25) is 0 Å². The van der Waals surface area contributed by atoms with E-state index in [1.807, 2.05) is 13.8 Å². The van der Waals surface area contributed by atoms with Crippen molar-refractivity contribution in [1.29, 1.82) is 0 Å². The minimum absolute atomic E-state index is 0.102. The van der Waals surface area contributed by atoms with Gasteiger partial charge >= 0.3 is 6.09 Å². The molecule has 28 heavy (non-hydrogen) atoms. The first kappa shape index (κ1) is 23.9. The van der Waals surface area contributed by atoms with E-state index in [0.717, 1.165) is 19.3 Å². The number of carbonyl (C=O) groups excluding carboxylic acids is 4. The van der Waals surface area contributed by atoms with Gasteiger partial charge < -0.3 is 25.5 Å². The van der Waals surface area contributed by atoms with Crippen molar-refractivity contribution in [2.24, 2.45) is 11.8 Å². The van der Waals surface area contributed by atoms with E-state index >= 15 is 0 Å². The number of aldehydes is 1. The Kier molecular flexibility index (Phi) is 9.96. The summed E-state index contributed by atoms with van der Waals surface area (Å²) in [5, 5.41) is 8.06. The predicted octanol–water partition coefficient (Wildman–Crippen LogP) is 1.92. The molecular weight excluding hydrogens is 362 g/mol. The molecule has 0 bridgehead atoms. The van der Waals surface area contributed by atoms with Crippen molar-refractivity contribution in [3.8, 4) is 0 Å². The average molecular weight is 398 g/mol. The zero-order valence-corrected chi connectivity index (χ0v) is 17.5. The van der Waals surface area contributed by atoms with Crippen LogP contribution in [0.5, 0.6) is 0 Å². The second kappa shape index (κ2) is 11.7. The maximum Gasteiger partial charge on any atom is 0.407 e. The van der Waals surface area contributed by atoms with E-state index in [4.69, 9.17) is 4.74 Å². The van der Waals surface area contributed by atoms with Gasteiger partial charge in [0.1, 0.15) is 12.3 Å². The molecule has 2 unspecified atom stereocenters. The van der Waals surface area contributed by atoms with E-state index in [1.165, 1.54) is 0 Å². The molecule has 0 spiro atoms. The topological polar surface area (TPSA) is 114 Å². The Bertz CT molecular complexity index is 552. The summed E-state index contributed by atoms with van der Waals surface area (Å²) in [4.78, 5) is 48.3. The van der Waals surface area contributed by atoms with Crippen molar-refractivity contribution in [2.75, 3.05) is 13.2 Å². The van der Waals surface area contributed by atoms with E-state index < -0.39 is 23.6 Å². The van der Waals surface area contributed by atoms with Crippen LogP contribution in [-0.2, 0) is 19.1 Å². The SMILES string of the molecule is CCCCCOC(=O)N[C@@H](CC(C)C)C(=O)NC(C)(C=O)CC1CCNC1=O. The molecule has 1 heterocycles. The van der Waals surface area contributed by atoms with Crippen LogP contribution >= 0.6 is 0 Å². The molecule has 1 aliphatic heterocycles. The number of hydrogen-bond acceptors (Lipinski definition) is 5. The van der Waals surface area contributed by atoms with Gasteiger partial charge in [0.25, 0.3) is 0 Å². The van der Waals surface area contributed by atoms with Crippen molar-refractivity contribution in [1.82, 2.24) is 16.0 Å². The summed E-state index contributed by atoms with van der Waals surface area (Å²) < 4.78 is 5.13. The van der Waals surface area contributed by atoms with E-state index in [0.29, 0.717) is 32.3 Å². The minimum Gasteiger partial charge on any atom is -0.450 e. The fourth-order valence-corrected chi connectivity index (χ4v) is 3.25. The van der Waals surface area contributed by atoms with Crippen LogP contribution in [-0.4, -0.2) is 48.9 Å². The largest absolute Gasteiger partial charge is 0.450 e. The Labute approximate surface area is 167 Å². The van der Waals surface area contributed by atoms with Gasteiger partial charge in [-0.1, -0.05) is 33.6 Å². The molecule has 0 aliphatic carbocycles. The molecule has 8 heteroatoms. The molecule has 1 saturated heterocycles. The molecule has 160 valence electrons. The van der Waals surface area contributed by atoms with Gasteiger partial charge in [-0.2, -0.15) is 0 Å². The van der Waals surface area contributed by atoms with Gasteiger partial charge in [-0.25, -0.2) is 4.79 Å². The molecule has 3 atom stereocenters. The van der Waals surface area contributed by atoms with Crippen LogP contribution in [0.4, 0.5) is 4.79 Å². The minimum atomic E-state index is -1.18. The smallest absolute Gasteiger partial charge is 0.407 e. The van der Waals surface area contributed by atoms with Crippen LogP contribution in [0.15, 0.2) is 0 Å². The van der Waals surface area contributed by atoms with Crippen molar-refractivity contribution in [3.63, 3.8) is 0 Å². The zero-order valence-electron chi connectivity index (χ0n) is 17.5. The van der Waals surface area contributed by atoms with Gasteiger partial charge in [0.2, 0.25) is 11.8 Å². The number of carbonyl (C=O) groups is 4. The molecule has 3 N–H and O–H groups in total. The van der Waals surface area contributed by atoms with Gasteiger partial charge in [0.15, 0.2) is 0 Å². The molecule has 0 aromatic carbocycles. The maximum atomic E-state index is 12.8. The summed E-state index contributed by atoms with van der Waals surface area (Å²) in [5.41, 5.74) is -1.18. The summed E-state index contributed by atoms with van der Waals surface area (Å²) >= 11 is 0. The van der Waals surface area contributed by atoms with E-state index in [1.54, 1.807) is 6.92 Å². The normalized spacial score (nSPS) is 19.5. The van der Waals surface area contributed by atoms with Crippen LogP contribution in [0, 0.1) is 11.8 Å². The summed E-state index contributed by atoms with van der Waals surface area (Å²) in [6.45, 7) is 8.42. The Hall–Kier alpha value is -2.12. The molecule has 3 amide bonds. The highest BCUT2D eigenvalue weighted by molar-refractivity contribution is 5.89. The monoisotopic (exact) mass is 397 g/mol. The van der Waals surface area contributed by atoms with Gasteiger partial charge in [-0.05, 0) is 38.5 Å². The summed E-state index contributed by atoms with van der Waals surface area (Å²) in [5.74, 6) is -0.711. The Balaban J connectivity index is 2.69. The van der Waals surface area contributed by atoms with E-state index in [2.05, 4.69) is 22.9 Å². The van der Waals surface area contributed by atoms with Crippen molar-refractivity contribution in [3.05, 3.63) is 0 Å². The lowest BCUT2D eigenvalue weighted by molar-refractivity contribution is -0.130. The predicted molar refractivity (Wildman–Crippen MR) is 106 cm³/mol. The number of amides is 3. The third kappa shape index (κ3) is 8.27. The standard InChI is InChI=1S/C20H35N3O5/c1-5-6-7-10-28-19(27)22-16(11-14(2)3)18(26)23-20(4,13-24)12-15-8-9-21-17(15)25/h13-16H,5-12H2,1-4H3,(H,21,25)(H,22,27)(H,23,26)/t15?,16-,20?/m0/s1. The molecule has 1 rings (SSSR count). The molecule has 0 aromatic heterocycles. The van der Waals surface area contributed by atoms with Crippen LogP contribution in [0.25, 0.3) is 0 Å². The van der Waals surface area contributed by atoms with Crippen LogP contribution in [0.3, 0.4) is 0 Å². The number of rotatable bonds is 12. The number of ether oxygens (including phenoxy) is 1. The number of hydrogen-bond donors (Lipinski definition) is 3. The highest BCUT2D eigenvalue weighted by Gasteiger charge is 2.36. The highest BCUT2D eigenvalue weighted by atomic mass is 16.5. The van der Waals surface area contributed by atoms with Gasteiger partial charge in [-0.3, -0.25) is 9.59 Å². The molecule has 1 aliphatic rings. The quantitative estimate of drug-likeness (QED) is 0.344. The first-order valence-corrected chi connectivity index (χ1v) is 10.2. The van der Waals surface area contributed by atoms with Crippen LogP contribution < -0.4 is 16.0 Å². The summed E-state index contributed by atoms with van der Waals surface area (Å²) in [6.07, 6.45) is 4.06. The van der Waals surface area contributed by atoms with Crippen molar-refractivity contribution >= 4 is 24.2 Å². The first-order chi connectivity index (χ1) is 13.2. The Morgan fingerprint density at radius 3 is 2.61 bits per heavy atom. The average Bonchev–Trinajstić information content (AvgIpc) is 3.02. The fourth-order valence-electron chi connectivity index (χ4n) is 3.25. The number of nitrogens with one attached hydrogen (secondary N) is 3. The third-order valence-corrected chi connectivity index (χ3v) is 4.80. The number of unbranched alkanes of at least 4 members (excludes halogenated alkanes) is 2. The molecule has 8 nitrogen and oxygen atoms in total. The van der Waals surface area contributed by atoms with E-state index in [-0.39, 0.29) is 24.2 Å². The zero-order chi connectivity index (χ0) is 21.2. The Morgan fingerprint density at radius 1 is 1.36 bits per heavy atom. The number of alkyl carbamates (subject to hydrolysis) is 1. The van der Waals surface area contributed by atoms with Crippen molar-refractivity contribution < 1.29 is 23.9 Å². The molecular formula is C20H35N3O5. The van der Waals surface area contributed by atoms with Crippen LogP contribution in [0.1, 0.15) is 66.2 Å². The second-order valence-corrected chi connectivity index (χ2v) is 8.17. The first-order valence-electron chi connectivity index (χ1n) is 10.2. The highest BCUT2D eigenvalue weighted by Crippen LogP contribution is 2.22. The molecule has 0 radical (unpaired) electrons. The van der Waals surface area contributed by atoms with Gasteiger partial charge in [0, 0.05) is 12.5 Å². The summed E-state index contributed by atoms with van der Waals surface area (Å²) in [7, 11) is 0. The van der Waals surface area contributed by atoms with E-state index in [9.17, 15) is 19.2 Å².